The van der Waals surface area contributed by atoms with Gasteiger partial charge in [-0.2, -0.15) is 0 Å². The highest BCUT2D eigenvalue weighted by molar-refractivity contribution is 8.01. The second-order valence-corrected chi connectivity index (χ2v) is 3.59. The third-order valence-electron chi connectivity index (χ3n) is 1.18. The van der Waals surface area contributed by atoms with E-state index in [1.165, 1.54) is 0 Å². The molecule has 0 radical (unpaired) electrons. The third kappa shape index (κ3) is 2.30. The normalized spacial score (nSPS) is 10.1. The molecule has 62 valence electrons. The first-order chi connectivity index (χ1) is 5.88. The summed E-state index contributed by atoms with van der Waals surface area (Å²) in [4.78, 5) is 3.74. The Bertz CT molecular complexity index is 323. The van der Waals surface area contributed by atoms with Crippen molar-refractivity contribution in [3.63, 3.8) is 0 Å². The summed E-state index contributed by atoms with van der Waals surface area (Å²) in [6.07, 6.45) is 3.93. The Hall–Kier alpha value is -0.900. The largest absolute Gasteiger partial charge is 0.144 e. The van der Waals surface area contributed by atoms with Crippen molar-refractivity contribution in [2.45, 2.75) is 0 Å². The van der Waals surface area contributed by atoms with Crippen molar-refractivity contribution < 1.29 is 0 Å². The number of rotatable bonds is 3. The number of hydrogen-bond acceptors (Lipinski definition) is 3. The number of thioether (sulfide) groups is 1. The van der Waals surface area contributed by atoms with Gasteiger partial charge in [-0.3, -0.25) is 0 Å². The van der Waals surface area contributed by atoms with Crippen LogP contribution in [0, 0.1) is 0 Å². The molecule has 1 aromatic rings. The number of nitrogens with zero attached hydrogens (tertiary/aromatic N) is 3. The topological polar surface area (TPSA) is 48.8 Å². The quantitative estimate of drug-likeness (QED) is 0.410. The summed E-state index contributed by atoms with van der Waals surface area (Å²) in [6, 6.07) is 1.81. The molecule has 12 heavy (non-hydrogen) atoms. The van der Waals surface area contributed by atoms with Crippen molar-refractivity contribution in [3.05, 3.63) is 32.2 Å². The van der Waals surface area contributed by atoms with Gasteiger partial charge in [-0.15, -0.1) is 23.1 Å². The summed E-state index contributed by atoms with van der Waals surface area (Å²) in [5, 5.41) is 7.42. The molecule has 0 N–H and O–H groups in total. The summed E-state index contributed by atoms with van der Waals surface area (Å²) in [5.41, 5.74) is 8.92. The molecule has 0 bridgehead atoms. The summed E-state index contributed by atoms with van der Waals surface area (Å²) >= 11 is 3.18. The van der Waals surface area contributed by atoms with Crippen LogP contribution in [-0.2, 0) is 0 Å². The first-order valence-electron chi connectivity index (χ1n) is 3.20. The molecule has 5 heteroatoms. The minimum atomic E-state index is 0.702. The predicted octanol–water partition coefficient (Wildman–Crippen LogP) is 4.02. The van der Waals surface area contributed by atoms with Crippen molar-refractivity contribution >= 4 is 34.9 Å². The van der Waals surface area contributed by atoms with Gasteiger partial charge in [-0.1, -0.05) is 5.11 Å². The van der Waals surface area contributed by atoms with Crippen molar-refractivity contribution in [2.24, 2.45) is 5.11 Å². The van der Waals surface area contributed by atoms with E-state index in [2.05, 4.69) is 10.0 Å². The second kappa shape index (κ2) is 4.87. The average molecular weight is 197 g/mol. The molecule has 3 nitrogen and oxygen atoms in total. The van der Waals surface area contributed by atoms with Crippen molar-refractivity contribution in [2.75, 3.05) is 6.26 Å². The van der Waals surface area contributed by atoms with Crippen molar-refractivity contribution in [1.82, 2.24) is 0 Å². The highest BCUT2D eigenvalue weighted by atomic mass is 32.2. The summed E-state index contributed by atoms with van der Waals surface area (Å²) in [7, 11) is 0. The van der Waals surface area contributed by atoms with Gasteiger partial charge >= 0.3 is 0 Å². The Kier molecular flexibility index (Phi) is 3.73. The van der Waals surface area contributed by atoms with Crippen LogP contribution >= 0.6 is 23.1 Å². The zero-order valence-corrected chi connectivity index (χ0v) is 8.10. The van der Waals surface area contributed by atoms with Crippen LogP contribution in [0.3, 0.4) is 0 Å². The first-order valence-corrected chi connectivity index (χ1v) is 5.37. The van der Waals surface area contributed by atoms with Gasteiger partial charge < -0.3 is 0 Å². The standard InChI is InChI=1S/C7H7N3S2/c1-11-4-3-7-6(9-10-8)2-5-12-7/h2-5H,1H3/b4-3+. The Morgan fingerprint density at radius 1 is 1.75 bits per heavy atom. The summed E-state index contributed by atoms with van der Waals surface area (Å²) < 4.78 is 0. The molecule has 0 amide bonds. The smallest absolute Gasteiger partial charge is 0.0555 e. The van der Waals surface area contributed by atoms with E-state index in [0.717, 1.165) is 4.88 Å². The molecular weight excluding hydrogens is 190 g/mol. The van der Waals surface area contributed by atoms with Crippen LogP contribution in [0.5, 0.6) is 0 Å². The molecule has 0 aliphatic carbocycles. The second-order valence-electron chi connectivity index (χ2n) is 1.90. The van der Waals surface area contributed by atoms with E-state index in [1.807, 2.05) is 29.2 Å². The molecule has 0 aliphatic heterocycles. The van der Waals surface area contributed by atoms with Gasteiger partial charge in [0.2, 0.25) is 0 Å². The molecule has 0 spiro atoms. The van der Waals surface area contributed by atoms with Crippen LogP contribution in [0.25, 0.3) is 16.5 Å². The fourth-order valence-electron chi connectivity index (χ4n) is 0.700. The lowest BCUT2D eigenvalue weighted by Crippen LogP contribution is -1.58. The summed E-state index contributed by atoms with van der Waals surface area (Å²) in [6.45, 7) is 0. The van der Waals surface area contributed by atoms with E-state index in [-0.39, 0.29) is 0 Å². The van der Waals surface area contributed by atoms with Crippen LogP contribution in [0.1, 0.15) is 4.88 Å². The minimum absolute atomic E-state index is 0.702. The molecule has 0 unspecified atom stereocenters. The molecule has 0 saturated carbocycles. The molecule has 0 aliphatic rings. The lowest BCUT2D eigenvalue weighted by atomic mass is 10.4. The maximum Gasteiger partial charge on any atom is 0.0555 e. The van der Waals surface area contributed by atoms with Gasteiger partial charge in [0, 0.05) is 9.79 Å². The van der Waals surface area contributed by atoms with E-state index in [1.54, 1.807) is 23.1 Å². The van der Waals surface area contributed by atoms with E-state index in [9.17, 15) is 0 Å². The Morgan fingerprint density at radius 3 is 3.25 bits per heavy atom. The molecule has 1 heterocycles. The fourth-order valence-corrected chi connectivity index (χ4v) is 1.78. The zero-order valence-electron chi connectivity index (χ0n) is 6.47. The van der Waals surface area contributed by atoms with Crippen molar-refractivity contribution in [1.29, 1.82) is 0 Å². The van der Waals surface area contributed by atoms with E-state index < -0.39 is 0 Å². The van der Waals surface area contributed by atoms with E-state index >= 15 is 0 Å². The van der Waals surface area contributed by atoms with E-state index in [0.29, 0.717) is 5.69 Å². The third-order valence-corrected chi connectivity index (χ3v) is 2.46. The van der Waals surface area contributed by atoms with Crippen LogP contribution in [0.2, 0.25) is 0 Å². The first kappa shape index (κ1) is 9.19. The number of hydrogen-bond donors (Lipinski definition) is 0. The highest BCUT2D eigenvalue weighted by Crippen LogP contribution is 2.27. The van der Waals surface area contributed by atoms with E-state index in [4.69, 9.17) is 5.53 Å². The zero-order chi connectivity index (χ0) is 8.81. The van der Waals surface area contributed by atoms with Crippen molar-refractivity contribution in [3.8, 4) is 0 Å². The van der Waals surface area contributed by atoms with Gasteiger partial charge in [0.1, 0.15) is 0 Å². The maximum atomic E-state index is 8.22. The average Bonchev–Trinajstić information content (AvgIpc) is 2.50. The van der Waals surface area contributed by atoms with Gasteiger partial charge in [0.05, 0.1) is 5.69 Å². The van der Waals surface area contributed by atoms with Crippen LogP contribution in [-0.4, -0.2) is 6.26 Å². The maximum absolute atomic E-state index is 8.22. The molecule has 0 saturated heterocycles. The number of thiophene rings is 1. The molecule has 1 aromatic heterocycles. The molecule has 0 fully saturated rings. The van der Waals surface area contributed by atoms with Gasteiger partial charge in [-0.05, 0) is 34.7 Å². The Morgan fingerprint density at radius 2 is 2.58 bits per heavy atom. The van der Waals surface area contributed by atoms with Gasteiger partial charge in [-0.25, -0.2) is 0 Å². The minimum Gasteiger partial charge on any atom is -0.144 e. The lowest BCUT2D eigenvalue weighted by Gasteiger charge is -1.86. The van der Waals surface area contributed by atoms with Crippen LogP contribution in [0.15, 0.2) is 22.0 Å². The monoisotopic (exact) mass is 197 g/mol. The Labute approximate surface area is 78.7 Å². The van der Waals surface area contributed by atoms with Crippen LogP contribution in [0.4, 0.5) is 5.69 Å². The van der Waals surface area contributed by atoms with Gasteiger partial charge in [0.15, 0.2) is 0 Å². The Balaban J connectivity index is 2.91. The molecule has 1 rings (SSSR count). The van der Waals surface area contributed by atoms with Crippen LogP contribution < -0.4 is 0 Å². The highest BCUT2D eigenvalue weighted by Gasteiger charge is 1.96. The molecule has 0 atom stereocenters. The van der Waals surface area contributed by atoms with Gasteiger partial charge in [0.25, 0.3) is 0 Å². The lowest BCUT2D eigenvalue weighted by molar-refractivity contribution is 1.51. The summed E-state index contributed by atoms with van der Waals surface area (Å²) in [5.74, 6) is 0. The fraction of sp³-hybridized carbons (Fsp3) is 0.143. The molecular formula is C7H7N3S2. The molecule has 0 aromatic carbocycles. The number of azide groups is 1. The SMILES string of the molecule is CS/C=C/c1sccc1N=[N+]=[N-]. The predicted molar refractivity (Wildman–Crippen MR) is 55.7 cm³/mol.